The van der Waals surface area contributed by atoms with Crippen molar-refractivity contribution < 1.29 is 9.84 Å². The van der Waals surface area contributed by atoms with Gasteiger partial charge in [-0.25, -0.2) is 4.98 Å². The summed E-state index contributed by atoms with van der Waals surface area (Å²) in [6, 6.07) is 11.4. The zero-order valence-corrected chi connectivity index (χ0v) is 12.3. The van der Waals surface area contributed by atoms with Crippen molar-refractivity contribution in [3.05, 3.63) is 41.4 Å². The van der Waals surface area contributed by atoms with Gasteiger partial charge in [0.25, 0.3) is 0 Å². The molecular weight excluding hydrogens is 294 g/mol. The predicted octanol–water partition coefficient (Wildman–Crippen LogP) is 4.72. The zero-order valence-electron chi connectivity index (χ0n) is 10.8. The van der Waals surface area contributed by atoms with E-state index in [4.69, 9.17) is 16.3 Å². The maximum absolute atomic E-state index is 9.87. The minimum Gasteiger partial charge on any atom is -0.503 e. The minimum absolute atomic E-state index is 0.0293. The second kappa shape index (κ2) is 5.31. The Hall–Kier alpha value is -1.78. The van der Waals surface area contributed by atoms with Gasteiger partial charge in [0.15, 0.2) is 11.5 Å². The molecule has 1 N–H and O–H groups in total. The van der Waals surface area contributed by atoms with Crippen molar-refractivity contribution in [2.45, 2.75) is 6.92 Å². The van der Waals surface area contributed by atoms with Crippen LogP contribution in [0.1, 0.15) is 6.92 Å². The van der Waals surface area contributed by atoms with Gasteiger partial charge in [0.1, 0.15) is 5.01 Å². The lowest BCUT2D eigenvalue weighted by Crippen LogP contribution is -1.92. The number of phenols is 1. The van der Waals surface area contributed by atoms with E-state index >= 15 is 0 Å². The van der Waals surface area contributed by atoms with Crippen LogP contribution < -0.4 is 4.74 Å². The maximum atomic E-state index is 9.87. The van der Waals surface area contributed by atoms with E-state index in [1.165, 1.54) is 0 Å². The Labute approximate surface area is 125 Å². The van der Waals surface area contributed by atoms with Gasteiger partial charge in [-0.05, 0) is 31.2 Å². The monoisotopic (exact) mass is 305 g/mol. The number of halogens is 1. The third-order valence-corrected chi connectivity index (χ3v) is 4.24. The summed E-state index contributed by atoms with van der Waals surface area (Å²) < 4.78 is 6.51. The summed E-state index contributed by atoms with van der Waals surface area (Å²) in [5.74, 6) is 0.354. The fraction of sp³-hybridized carbons (Fsp3) is 0.133. The van der Waals surface area contributed by atoms with Gasteiger partial charge >= 0.3 is 0 Å². The number of thiazole rings is 1. The third-order valence-electron chi connectivity index (χ3n) is 2.87. The second-order valence-corrected chi connectivity index (χ2v) is 5.66. The van der Waals surface area contributed by atoms with Gasteiger partial charge < -0.3 is 9.84 Å². The highest BCUT2D eigenvalue weighted by molar-refractivity contribution is 7.21. The Morgan fingerprint density at radius 2 is 2.10 bits per heavy atom. The van der Waals surface area contributed by atoms with Crippen molar-refractivity contribution in [2.24, 2.45) is 0 Å². The van der Waals surface area contributed by atoms with Gasteiger partial charge in [-0.2, -0.15) is 0 Å². The fourth-order valence-electron chi connectivity index (χ4n) is 1.96. The largest absolute Gasteiger partial charge is 0.503 e. The average Bonchev–Trinajstić information content (AvgIpc) is 2.87. The summed E-state index contributed by atoms with van der Waals surface area (Å²) in [5, 5.41) is 11.0. The van der Waals surface area contributed by atoms with E-state index in [1.54, 1.807) is 23.5 Å². The van der Waals surface area contributed by atoms with Crippen molar-refractivity contribution in [2.75, 3.05) is 6.61 Å². The van der Waals surface area contributed by atoms with E-state index in [-0.39, 0.29) is 10.8 Å². The van der Waals surface area contributed by atoms with E-state index in [0.29, 0.717) is 12.4 Å². The number of hydrogen-bond donors (Lipinski definition) is 1. The van der Waals surface area contributed by atoms with E-state index < -0.39 is 0 Å². The summed E-state index contributed by atoms with van der Waals surface area (Å²) in [5.41, 5.74) is 1.80. The van der Waals surface area contributed by atoms with Gasteiger partial charge in [-0.3, -0.25) is 0 Å². The topological polar surface area (TPSA) is 42.4 Å². The molecule has 0 fully saturated rings. The van der Waals surface area contributed by atoms with Gasteiger partial charge in [-0.1, -0.05) is 23.7 Å². The average molecular weight is 306 g/mol. The van der Waals surface area contributed by atoms with E-state index in [1.807, 2.05) is 31.2 Å². The van der Waals surface area contributed by atoms with Crippen molar-refractivity contribution in [1.82, 2.24) is 4.98 Å². The van der Waals surface area contributed by atoms with Crippen LogP contribution in [-0.2, 0) is 0 Å². The van der Waals surface area contributed by atoms with Crippen LogP contribution in [-0.4, -0.2) is 16.7 Å². The highest BCUT2D eigenvalue weighted by atomic mass is 35.5. The Bertz CT molecular complexity index is 737. The number of para-hydroxylation sites is 1. The lowest BCUT2D eigenvalue weighted by atomic mass is 10.2. The molecule has 20 heavy (non-hydrogen) atoms. The molecule has 0 aliphatic carbocycles. The first-order valence-corrected chi connectivity index (χ1v) is 7.39. The molecule has 0 saturated heterocycles. The van der Waals surface area contributed by atoms with E-state index in [0.717, 1.165) is 20.8 Å². The molecule has 0 spiro atoms. The molecule has 3 rings (SSSR count). The fourth-order valence-corrected chi connectivity index (χ4v) is 3.12. The number of rotatable bonds is 3. The summed E-state index contributed by atoms with van der Waals surface area (Å²) in [6.45, 7) is 2.32. The number of nitrogens with zero attached hydrogens (tertiary/aromatic N) is 1. The molecule has 0 radical (unpaired) electrons. The van der Waals surface area contributed by atoms with Crippen LogP contribution in [0.25, 0.3) is 20.8 Å². The quantitative estimate of drug-likeness (QED) is 0.761. The van der Waals surface area contributed by atoms with Crippen LogP contribution in [0.2, 0.25) is 5.02 Å². The molecule has 2 aromatic carbocycles. The highest BCUT2D eigenvalue weighted by Gasteiger charge is 2.13. The van der Waals surface area contributed by atoms with E-state index in [2.05, 4.69) is 4.98 Å². The molecule has 102 valence electrons. The summed E-state index contributed by atoms with van der Waals surface area (Å²) in [7, 11) is 0. The van der Waals surface area contributed by atoms with Gasteiger partial charge in [0.05, 0.1) is 21.8 Å². The van der Waals surface area contributed by atoms with E-state index in [9.17, 15) is 5.11 Å². The number of benzene rings is 2. The molecule has 0 atom stereocenters. The predicted molar refractivity (Wildman–Crippen MR) is 82.9 cm³/mol. The van der Waals surface area contributed by atoms with Gasteiger partial charge in [0.2, 0.25) is 0 Å². The minimum atomic E-state index is -0.0293. The Morgan fingerprint density at radius 3 is 2.85 bits per heavy atom. The van der Waals surface area contributed by atoms with Crippen LogP contribution in [0.5, 0.6) is 11.5 Å². The van der Waals surface area contributed by atoms with Crippen LogP contribution in [0.4, 0.5) is 0 Å². The van der Waals surface area contributed by atoms with Crippen LogP contribution in [0.3, 0.4) is 0 Å². The SMILES string of the molecule is CCOc1cc(-c2nc3ccccc3s2)cc(Cl)c1O. The number of aromatic hydroxyl groups is 1. The summed E-state index contributed by atoms with van der Waals surface area (Å²) in [4.78, 5) is 4.58. The number of aromatic nitrogens is 1. The van der Waals surface area contributed by atoms with Crippen molar-refractivity contribution in [3.8, 4) is 22.1 Å². The normalized spacial score (nSPS) is 10.9. The number of ether oxygens (including phenoxy) is 1. The molecule has 3 nitrogen and oxygen atoms in total. The number of phenolic OH excluding ortho intramolecular Hbond substituents is 1. The van der Waals surface area contributed by atoms with Crippen molar-refractivity contribution in [3.63, 3.8) is 0 Å². The van der Waals surface area contributed by atoms with Crippen LogP contribution >= 0.6 is 22.9 Å². The Kier molecular flexibility index (Phi) is 3.51. The third kappa shape index (κ3) is 2.32. The lowest BCUT2D eigenvalue weighted by Gasteiger charge is -2.08. The standard InChI is InChI=1S/C15H12ClNO2S/c1-2-19-12-8-9(7-10(16)14(12)18)15-17-11-5-3-4-6-13(11)20-15/h3-8,18H,2H2,1H3. The smallest absolute Gasteiger partial charge is 0.176 e. The molecule has 3 aromatic rings. The molecule has 0 saturated carbocycles. The van der Waals surface area contributed by atoms with Gasteiger partial charge in [0, 0.05) is 5.56 Å². The number of hydrogen-bond acceptors (Lipinski definition) is 4. The van der Waals surface area contributed by atoms with Crippen molar-refractivity contribution in [1.29, 1.82) is 0 Å². The summed E-state index contributed by atoms with van der Waals surface area (Å²) >= 11 is 7.63. The molecule has 0 aliphatic heterocycles. The molecular formula is C15H12ClNO2S. The first kappa shape index (κ1) is 13.2. The molecule has 1 aromatic heterocycles. The van der Waals surface area contributed by atoms with Crippen molar-refractivity contribution >= 4 is 33.2 Å². The number of fused-ring (bicyclic) bond motifs is 1. The molecule has 1 heterocycles. The molecule has 0 unspecified atom stereocenters. The van der Waals surface area contributed by atoms with Crippen LogP contribution in [0.15, 0.2) is 36.4 Å². The molecule has 5 heteroatoms. The van der Waals surface area contributed by atoms with Gasteiger partial charge in [-0.15, -0.1) is 11.3 Å². The first-order chi connectivity index (χ1) is 9.69. The van der Waals surface area contributed by atoms with Crippen LogP contribution in [0, 0.1) is 0 Å². The highest BCUT2D eigenvalue weighted by Crippen LogP contribution is 2.40. The maximum Gasteiger partial charge on any atom is 0.176 e. The first-order valence-electron chi connectivity index (χ1n) is 6.20. The second-order valence-electron chi connectivity index (χ2n) is 4.22. The lowest BCUT2D eigenvalue weighted by molar-refractivity contribution is 0.318. The zero-order chi connectivity index (χ0) is 14.1. The molecule has 0 amide bonds. The Balaban J connectivity index is 2.13. The summed E-state index contributed by atoms with van der Waals surface area (Å²) in [6.07, 6.45) is 0. The molecule has 0 aliphatic rings. The Morgan fingerprint density at radius 1 is 1.30 bits per heavy atom. The molecule has 0 bridgehead atoms.